The van der Waals surface area contributed by atoms with Gasteiger partial charge in [-0.05, 0) is 31.2 Å². The number of nitrogens with two attached hydrogens (primary N) is 1. The van der Waals surface area contributed by atoms with Crippen LogP contribution in [0.2, 0.25) is 0 Å². The van der Waals surface area contributed by atoms with Crippen molar-refractivity contribution < 1.29 is 0 Å². The van der Waals surface area contributed by atoms with Crippen LogP contribution in [0.25, 0.3) is 0 Å². The molecule has 2 nitrogen and oxygen atoms in total. The van der Waals surface area contributed by atoms with E-state index in [2.05, 4.69) is 24.0 Å². The van der Waals surface area contributed by atoms with Gasteiger partial charge in [-0.15, -0.1) is 0 Å². The van der Waals surface area contributed by atoms with Crippen molar-refractivity contribution in [3.8, 4) is 0 Å². The molecule has 1 aromatic rings. The van der Waals surface area contributed by atoms with Crippen LogP contribution in [0.5, 0.6) is 0 Å². The fourth-order valence-corrected chi connectivity index (χ4v) is 1.68. The van der Waals surface area contributed by atoms with E-state index in [1.54, 1.807) is 6.08 Å². The summed E-state index contributed by atoms with van der Waals surface area (Å²) in [5.74, 6) is 0. The second-order valence-corrected chi connectivity index (χ2v) is 3.75. The van der Waals surface area contributed by atoms with Crippen molar-refractivity contribution in [2.24, 2.45) is 5.73 Å². The fraction of sp³-hybridized carbons (Fsp3) is 0.200. The van der Waals surface area contributed by atoms with Crippen molar-refractivity contribution in [3.05, 3.63) is 72.0 Å². The first-order chi connectivity index (χ1) is 8.22. The number of likely N-dealkylation sites (N-methyl/N-ethyl adjacent to an activating group) is 1. The molecule has 0 bridgehead atoms. The van der Waals surface area contributed by atoms with Crippen molar-refractivity contribution >= 4 is 0 Å². The first-order valence-electron chi connectivity index (χ1n) is 5.71. The maximum atomic E-state index is 6.03. The van der Waals surface area contributed by atoms with Crippen molar-refractivity contribution in [1.82, 2.24) is 5.32 Å². The van der Waals surface area contributed by atoms with E-state index in [4.69, 9.17) is 5.73 Å². The summed E-state index contributed by atoms with van der Waals surface area (Å²) in [7, 11) is 1.92. The van der Waals surface area contributed by atoms with Gasteiger partial charge in [-0.3, -0.25) is 0 Å². The van der Waals surface area contributed by atoms with Gasteiger partial charge in [0.1, 0.15) is 0 Å². The molecule has 3 N–H and O–H groups in total. The third-order valence-corrected chi connectivity index (χ3v) is 2.68. The monoisotopic (exact) mass is 228 g/mol. The Kier molecular flexibility index (Phi) is 5.24. The lowest BCUT2D eigenvalue weighted by molar-refractivity contribution is 0.710. The zero-order chi connectivity index (χ0) is 12.7. The highest BCUT2D eigenvalue weighted by Gasteiger charge is 2.06. The number of allylic oxidation sites excluding steroid dienone is 2. The summed E-state index contributed by atoms with van der Waals surface area (Å²) in [5, 5.41) is 3.23. The Bertz CT molecular complexity index is 416. The summed E-state index contributed by atoms with van der Waals surface area (Å²) in [6.45, 7) is 5.70. The Morgan fingerprint density at radius 3 is 2.47 bits per heavy atom. The molecule has 0 aliphatic carbocycles. The number of rotatable bonds is 5. The van der Waals surface area contributed by atoms with Crippen LogP contribution >= 0.6 is 0 Å². The lowest BCUT2D eigenvalue weighted by Gasteiger charge is -2.14. The van der Waals surface area contributed by atoms with Crippen LogP contribution in [0.3, 0.4) is 0 Å². The normalized spacial score (nSPS) is 14.5. The first kappa shape index (κ1) is 13.3. The molecule has 0 saturated heterocycles. The van der Waals surface area contributed by atoms with Crippen LogP contribution in [-0.2, 0) is 0 Å². The zero-order valence-corrected chi connectivity index (χ0v) is 10.5. The third-order valence-electron chi connectivity index (χ3n) is 2.68. The van der Waals surface area contributed by atoms with Gasteiger partial charge in [0.25, 0.3) is 0 Å². The molecule has 0 aromatic heterocycles. The average molecular weight is 228 g/mol. The summed E-state index contributed by atoms with van der Waals surface area (Å²) in [4.78, 5) is 0. The molecule has 17 heavy (non-hydrogen) atoms. The van der Waals surface area contributed by atoms with E-state index < -0.39 is 0 Å². The highest BCUT2D eigenvalue weighted by molar-refractivity contribution is 5.38. The van der Waals surface area contributed by atoms with Crippen LogP contribution < -0.4 is 11.1 Å². The average Bonchev–Trinajstić information content (AvgIpc) is 2.38. The number of nitrogens with one attached hydrogen (secondary N) is 1. The van der Waals surface area contributed by atoms with E-state index >= 15 is 0 Å². The van der Waals surface area contributed by atoms with Crippen LogP contribution in [0.4, 0.5) is 0 Å². The topological polar surface area (TPSA) is 38.0 Å². The minimum absolute atomic E-state index is 0.117. The second kappa shape index (κ2) is 6.71. The lowest BCUT2D eigenvalue weighted by Crippen LogP contribution is -2.16. The van der Waals surface area contributed by atoms with E-state index in [1.165, 1.54) is 5.56 Å². The molecule has 0 spiro atoms. The van der Waals surface area contributed by atoms with Gasteiger partial charge in [-0.2, -0.15) is 0 Å². The molecule has 0 heterocycles. The van der Waals surface area contributed by atoms with Gasteiger partial charge < -0.3 is 11.1 Å². The number of benzene rings is 1. The Morgan fingerprint density at radius 2 is 2.00 bits per heavy atom. The molecule has 1 aromatic carbocycles. The molecule has 1 atom stereocenters. The Labute approximate surface area is 104 Å². The van der Waals surface area contributed by atoms with Crippen molar-refractivity contribution in [2.45, 2.75) is 13.0 Å². The van der Waals surface area contributed by atoms with E-state index in [1.807, 2.05) is 44.3 Å². The molecule has 0 fully saturated rings. The van der Waals surface area contributed by atoms with Crippen LogP contribution in [0.1, 0.15) is 18.5 Å². The van der Waals surface area contributed by atoms with E-state index in [9.17, 15) is 0 Å². The SMILES string of the molecule is C=CC(=C\C)/C(N)=C/C(NC)c1ccccc1. The molecule has 0 saturated carbocycles. The predicted octanol–water partition coefficient (Wildman–Crippen LogP) is 2.92. The maximum Gasteiger partial charge on any atom is 0.0526 e. The molecular weight excluding hydrogens is 208 g/mol. The largest absolute Gasteiger partial charge is 0.398 e. The standard InChI is InChI=1S/C15H20N2/c1-4-12(5-2)14(16)11-15(17-3)13-9-7-6-8-10-13/h4-11,15,17H,1,16H2,2-3H3/b12-5+,14-11-. The summed E-state index contributed by atoms with van der Waals surface area (Å²) in [5.41, 5.74) is 8.93. The van der Waals surface area contributed by atoms with Gasteiger partial charge in [0.2, 0.25) is 0 Å². The molecule has 0 aliphatic rings. The van der Waals surface area contributed by atoms with Crippen LogP contribution in [-0.4, -0.2) is 7.05 Å². The van der Waals surface area contributed by atoms with Gasteiger partial charge in [0.05, 0.1) is 6.04 Å². The number of hydrogen-bond donors (Lipinski definition) is 2. The second-order valence-electron chi connectivity index (χ2n) is 3.75. The van der Waals surface area contributed by atoms with Crippen LogP contribution in [0.15, 0.2) is 66.4 Å². The Morgan fingerprint density at radius 1 is 1.35 bits per heavy atom. The van der Waals surface area contributed by atoms with Crippen molar-refractivity contribution in [2.75, 3.05) is 7.05 Å². The highest BCUT2D eigenvalue weighted by atomic mass is 14.9. The summed E-state index contributed by atoms with van der Waals surface area (Å²) >= 11 is 0. The van der Waals surface area contributed by atoms with Gasteiger partial charge >= 0.3 is 0 Å². The minimum atomic E-state index is 0.117. The minimum Gasteiger partial charge on any atom is -0.398 e. The van der Waals surface area contributed by atoms with E-state index in [-0.39, 0.29) is 6.04 Å². The summed E-state index contributed by atoms with van der Waals surface area (Å²) in [6, 6.07) is 10.3. The zero-order valence-electron chi connectivity index (χ0n) is 10.5. The smallest absolute Gasteiger partial charge is 0.0526 e. The molecule has 0 radical (unpaired) electrons. The highest BCUT2D eigenvalue weighted by Crippen LogP contribution is 2.16. The fourth-order valence-electron chi connectivity index (χ4n) is 1.68. The summed E-state index contributed by atoms with van der Waals surface area (Å²) in [6.07, 6.45) is 5.73. The molecule has 0 amide bonds. The molecule has 90 valence electrons. The Balaban J connectivity index is 2.98. The van der Waals surface area contributed by atoms with Gasteiger partial charge in [0.15, 0.2) is 0 Å². The van der Waals surface area contributed by atoms with Crippen LogP contribution in [0, 0.1) is 0 Å². The molecule has 2 heteroatoms. The Hall–Kier alpha value is -1.80. The van der Waals surface area contributed by atoms with E-state index in [0.717, 1.165) is 11.3 Å². The molecule has 0 aliphatic heterocycles. The molecular formula is C15H20N2. The van der Waals surface area contributed by atoms with E-state index in [0.29, 0.717) is 0 Å². The third kappa shape index (κ3) is 3.61. The maximum absolute atomic E-state index is 6.03. The van der Waals surface area contributed by atoms with Gasteiger partial charge in [-0.25, -0.2) is 0 Å². The summed E-state index contributed by atoms with van der Waals surface area (Å²) < 4.78 is 0. The van der Waals surface area contributed by atoms with Gasteiger partial charge in [-0.1, -0.05) is 49.1 Å². The molecule has 1 unspecified atom stereocenters. The van der Waals surface area contributed by atoms with Gasteiger partial charge in [0, 0.05) is 5.70 Å². The molecule has 1 rings (SSSR count). The van der Waals surface area contributed by atoms with Crippen molar-refractivity contribution in [3.63, 3.8) is 0 Å². The quantitative estimate of drug-likeness (QED) is 0.760. The predicted molar refractivity (Wildman–Crippen MR) is 74.5 cm³/mol. The first-order valence-corrected chi connectivity index (χ1v) is 5.71. The lowest BCUT2D eigenvalue weighted by atomic mass is 10.0. The number of hydrogen-bond acceptors (Lipinski definition) is 2. The van der Waals surface area contributed by atoms with Crippen molar-refractivity contribution in [1.29, 1.82) is 0 Å².